The molecule has 0 heterocycles. The lowest BCUT2D eigenvalue weighted by Gasteiger charge is -2.13. The first kappa shape index (κ1) is 16.9. The summed E-state index contributed by atoms with van der Waals surface area (Å²) in [5.74, 6) is -1.94. The largest absolute Gasteiger partial charge is 0.545 e. The number of carbonyl (C=O) groups excluding carboxylic acids is 2. The number of aromatic carboxylic acids is 1. The van der Waals surface area contributed by atoms with Gasteiger partial charge in [-0.2, -0.15) is 0 Å². The van der Waals surface area contributed by atoms with Gasteiger partial charge in [0.1, 0.15) is 0 Å². The second-order valence-electron chi connectivity index (χ2n) is 4.86. The highest BCUT2D eigenvalue weighted by atomic mass is 16.6. The molecule has 0 aliphatic heterocycles. The first-order valence-electron chi connectivity index (χ1n) is 6.80. The summed E-state index contributed by atoms with van der Waals surface area (Å²) in [6, 6.07) is 8.13. The van der Waals surface area contributed by atoms with E-state index in [0.29, 0.717) is 5.56 Å². The van der Waals surface area contributed by atoms with Gasteiger partial charge in [-0.3, -0.25) is 14.9 Å². The van der Waals surface area contributed by atoms with E-state index in [2.05, 4.69) is 5.32 Å². The Morgan fingerprint density at radius 3 is 2.50 bits per heavy atom. The van der Waals surface area contributed by atoms with Crippen molar-refractivity contribution in [2.45, 2.75) is 6.92 Å². The molecule has 1 amide bonds. The average molecular weight is 329 g/mol. The highest BCUT2D eigenvalue weighted by molar-refractivity contribution is 6.06. The van der Waals surface area contributed by atoms with Gasteiger partial charge in [-0.15, -0.1) is 0 Å². The molecule has 2 rings (SSSR count). The maximum Gasteiger partial charge on any atom is 0.311 e. The minimum atomic E-state index is -1.36. The van der Waals surface area contributed by atoms with Gasteiger partial charge >= 0.3 is 5.69 Å². The zero-order valence-electron chi connectivity index (χ0n) is 12.9. The van der Waals surface area contributed by atoms with Gasteiger partial charge in [0.25, 0.3) is 5.91 Å². The lowest BCUT2D eigenvalue weighted by molar-refractivity contribution is -0.385. The third-order valence-electron chi connectivity index (χ3n) is 3.44. The Morgan fingerprint density at radius 2 is 1.92 bits per heavy atom. The van der Waals surface area contributed by atoms with Gasteiger partial charge in [0, 0.05) is 22.9 Å². The molecule has 0 aromatic heterocycles. The molecule has 2 aromatic carbocycles. The molecule has 8 heteroatoms. The summed E-state index contributed by atoms with van der Waals surface area (Å²) in [5.41, 5.74) is 0.258. The van der Waals surface area contributed by atoms with Gasteiger partial charge in [0.2, 0.25) is 0 Å². The molecule has 24 heavy (non-hydrogen) atoms. The Bertz CT molecular complexity index is 831. The maximum absolute atomic E-state index is 12.3. The molecule has 0 radical (unpaired) electrons. The van der Waals surface area contributed by atoms with Crippen LogP contribution in [-0.2, 0) is 0 Å². The van der Waals surface area contributed by atoms with Crippen LogP contribution in [0.1, 0.15) is 26.3 Å². The standard InChI is InChI=1S/C16H14N2O6/c1-9-11(16(20)21)4-3-5-12(9)17-15(19)10-6-7-14(24-2)13(8-10)18(22)23/h3-8H,1-2H3,(H,17,19)(H,20,21)/p-1. The highest BCUT2D eigenvalue weighted by Crippen LogP contribution is 2.28. The molecule has 0 unspecified atom stereocenters. The Balaban J connectivity index is 2.34. The van der Waals surface area contributed by atoms with Crippen LogP contribution < -0.4 is 15.2 Å². The van der Waals surface area contributed by atoms with E-state index >= 15 is 0 Å². The van der Waals surface area contributed by atoms with Crippen LogP contribution in [0.5, 0.6) is 5.75 Å². The number of nitrogens with zero attached hydrogens (tertiary/aromatic N) is 1. The van der Waals surface area contributed by atoms with E-state index in [-0.39, 0.29) is 28.3 Å². The minimum absolute atomic E-state index is 0.0340. The lowest BCUT2D eigenvalue weighted by atomic mass is 10.1. The van der Waals surface area contributed by atoms with Crippen LogP contribution in [0.4, 0.5) is 11.4 Å². The number of carbonyl (C=O) groups is 2. The molecule has 0 saturated heterocycles. The number of nitro benzene ring substituents is 1. The van der Waals surface area contributed by atoms with Crippen molar-refractivity contribution < 1.29 is 24.4 Å². The number of hydrogen-bond donors (Lipinski definition) is 1. The summed E-state index contributed by atoms with van der Waals surface area (Å²) >= 11 is 0. The van der Waals surface area contributed by atoms with Crippen LogP contribution in [0.25, 0.3) is 0 Å². The van der Waals surface area contributed by atoms with Gasteiger partial charge in [-0.25, -0.2) is 0 Å². The van der Waals surface area contributed by atoms with E-state index in [1.807, 2.05) is 0 Å². The van der Waals surface area contributed by atoms with Crippen LogP contribution in [0, 0.1) is 17.0 Å². The molecule has 2 aromatic rings. The molecule has 0 spiro atoms. The molecule has 1 N–H and O–H groups in total. The number of rotatable bonds is 5. The van der Waals surface area contributed by atoms with Crippen LogP contribution >= 0.6 is 0 Å². The quantitative estimate of drug-likeness (QED) is 0.655. The summed E-state index contributed by atoms with van der Waals surface area (Å²) in [6.07, 6.45) is 0. The normalized spacial score (nSPS) is 10.1. The molecule has 0 saturated carbocycles. The Hall–Kier alpha value is -3.42. The molecular formula is C16H13N2O6-. The fraction of sp³-hybridized carbons (Fsp3) is 0.125. The zero-order valence-corrected chi connectivity index (χ0v) is 12.9. The number of methoxy groups -OCH3 is 1. The molecule has 0 bridgehead atoms. The molecule has 0 aliphatic rings. The number of carboxylic acids is 1. The zero-order chi connectivity index (χ0) is 17.9. The Kier molecular flexibility index (Phi) is 4.78. The molecule has 8 nitrogen and oxygen atoms in total. The monoisotopic (exact) mass is 329 g/mol. The number of hydrogen-bond acceptors (Lipinski definition) is 6. The van der Waals surface area contributed by atoms with Crippen molar-refractivity contribution in [1.82, 2.24) is 0 Å². The highest BCUT2D eigenvalue weighted by Gasteiger charge is 2.18. The van der Waals surface area contributed by atoms with Crippen molar-refractivity contribution >= 4 is 23.3 Å². The van der Waals surface area contributed by atoms with E-state index in [9.17, 15) is 24.8 Å². The Morgan fingerprint density at radius 1 is 1.21 bits per heavy atom. The van der Waals surface area contributed by atoms with E-state index in [1.54, 1.807) is 0 Å². The molecule has 0 fully saturated rings. The van der Waals surface area contributed by atoms with Gasteiger partial charge in [0.05, 0.1) is 18.0 Å². The second kappa shape index (κ2) is 6.78. The molecule has 0 aliphatic carbocycles. The van der Waals surface area contributed by atoms with Crippen LogP contribution in [0.15, 0.2) is 36.4 Å². The number of nitrogens with one attached hydrogen (secondary N) is 1. The van der Waals surface area contributed by atoms with Crippen molar-refractivity contribution in [3.05, 3.63) is 63.2 Å². The first-order valence-corrected chi connectivity index (χ1v) is 6.80. The number of nitro groups is 1. The van der Waals surface area contributed by atoms with E-state index < -0.39 is 16.8 Å². The van der Waals surface area contributed by atoms with Crippen molar-refractivity contribution in [3.8, 4) is 5.75 Å². The third kappa shape index (κ3) is 3.32. The van der Waals surface area contributed by atoms with E-state index in [1.165, 1.54) is 44.4 Å². The van der Waals surface area contributed by atoms with Crippen molar-refractivity contribution in [3.63, 3.8) is 0 Å². The fourth-order valence-electron chi connectivity index (χ4n) is 2.16. The van der Waals surface area contributed by atoms with E-state index in [4.69, 9.17) is 4.74 Å². The van der Waals surface area contributed by atoms with Gasteiger partial charge < -0.3 is 20.0 Å². The summed E-state index contributed by atoms with van der Waals surface area (Å²) in [5, 5.41) is 24.5. The van der Waals surface area contributed by atoms with Gasteiger partial charge in [-0.05, 0) is 30.7 Å². The topological polar surface area (TPSA) is 122 Å². The maximum atomic E-state index is 12.3. The molecular weight excluding hydrogens is 316 g/mol. The fourth-order valence-corrected chi connectivity index (χ4v) is 2.16. The number of benzene rings is 2. The minimum Gasteiger partial charge on any atom is -0.545 e. The van der Waals surface area contributed by atoms with Crippen LogP contribution in [0.3, 0.4) is 0 Å². The number of anilines is 1. The van der Waals surface area contributed by atoms with E-state index in [0.717, 1.165) is 6.07 Å². The smallest absolute Gasteiger partial charge is 0.311 e. The Labute approximate surface area is 136 Å². The van der Waals surface area contributed by atoms with Crippen molar-refractivity contribution in [1.29, 1.82) is 0 Å². The predicted octanol–water partition coefficient (Wildman–Crippen LogP) is 1.53. The summed E-state index contributed by atoms with van der Waals surface area (Å²) in [7, 11) is 1.29. The lowest BCUT2D eigenvalue weighted by Crippen LogP contribution is -2.24. The molecule has 0 atom stereocenters. The predicted molar refractivity (Wildman–Crippen MR) is 83.1 cm³/mol. The van der Waals surface area contributed by atoms with Gasteiger partial charge in [-0.1, -0.05) is 12.1 Å². The number of ether oxygens (including phenoxy) is 1. The van der Waals surface area contributed by atoms with Crippen molar-refractivity contribution in [2.24, 2.45) is 0 Å². The summed E-state index contributed by atoms with van der Waals surface area (Å²) in [6.45, 7) is 1.53. The SMILES string of the molecule is COc1ccc(C(=O)Nc2cccc(C(=O)[O-])c2C)cc1[N+](=O)[O-]. The third-order valence-corrected chi connectivity index (χ3v) is 3.44. The summed E-state index contributed by atoms with van der Waals surface area (Å²) in [4.78, 5) is 33.6. The number of amides is 1. The van der Waals surface area contributed by atoms with Crippen LogP contribution in [-0.4, -0.2) is 23.9 Å². The average Bonchev–Trinajstić information content (AvgIpc) is 2.55. The van der Waals surface area contributed by atoms with Crippen molar-refractivity contribution in [2.75, 3.05) is 12.4 Å². The van der Waals surface area contributed by atoms with Crippen LogP contribution in [0.2, 0.25) is 0 Å². The second-order valence-corrected chi connectivity index (χ2v) is 4.86. The summed E-state index contributed by atoms with van der Waals surface area (Å²) < 4.78 is 4.88. The number of carboxylic acid groups (broad SMARTS) is 1. The first-order chi connectivity index (χ1) is 11.3. The molecule has 124 valence electrons. The van der Waals surface area contributed by atoms with Gasteiger partial charge in [0.15, 0.2) is 5.75 Å².